The second-order valence-corrected chi connectivity index (χ2v) is 5.62. The Morgan fingerprint density at radius 2 is 1.77 bits per heavy atom. The van der Waals surface area contributed by atoms with Gasteiger partial charge in [0, 0.05) is 30.9 Å². The van der Waals surface area contributed by atoms with E-state index in [0.29, 0.717) is 5.56 Å². The average molecular weight is 373 g/mol. The normalized spacial score (nSPS) is 13.8. The summed E-state index contributed by atoms with van der Waals surface area (Å²) < 4.78 is 70.8. The molecule has 3 rings (SSSR count). The molecule has 0 aliphatic heterocycles. The molecule has 0 aliphatic carbocycles. The SMILES string of the molecule is CC(Oc1ccc(-c2cn3c(C(F)(F)F)nnc3cn2)cn1)C(C)(F)F. The van der Waals surface area contributed by atoms with E-state index in [2.05, 4.69) is 20.2 Å². The fourth-order valence-corrected chi connectivity index (χ4v) is 2.03. The summed E-state index contributed by atoms with van der Waals surface area (Å²) in [6, 6.07) is 2.79. The molecule has 138 valence electrons. The Bertz CT molecular complexity index is 917. The number of pyridine rings is 1. The van der Waals surface area contributed by atoms with E-state index in [9.17, 15) is 22.0 Å². The second-order valence-electron chi connectivity index (χ2n) is 5.62. The number of nitrogens with zero attached hydrogens (tertiary/aromatic N) is 5. The summed E-state index contributed by atoms with van der Waals surface area (Å²) in [6.45, 7) is 1.93. The molecule has 0 N–H and O–H groups in total. The molecule has 0 aromatic carbocycles. The zero-order chi connectivity index (χ0) is 19.1. The summed E-state index contributed by atoms with van der Waals surface area (Å²) in [7, 11) is 0. The molecule has 11 heteroatoms. The van der Waals surface area contributed by atoms with Crippen LogP contribution in [-0.2, 0) is 6.18 Å². The topological polar surface area (TPSA) is 65.2 Å². The first-order chi connectivity index (χ1) is 12.1. The van der Waals surface area contributed by atoms with Gasteiger partial charge in [0.1, 0.15) is 0 Å². The Labute approximate surface area is 143 Å². The van der Waals surface area contributed by atoms with Gasteiger partial charge in [0.15, 0.2) is 11.8 Å². The summed E-state index contributed by atoms with van der Waals surface area (Å²) >= 11 is 0. The van der Waals surface area contributed by atoms with E-state index in [1.54, 1.807) is 0 Å². The molecule has 0 bridgehead atoms. The summed E-state index contributed by atoms with van der Waals surface area (Å²) in [4.78, 5) is 7.90. The van der Waals surface area contributed by atoms with Crippen molar-refractivity contribution in [1.29, 1.82) is 0 Å². The lowest BCUT2D eigenvalue weighted by atomic mass is 10.2. The maximum atomic E-state index is 13.1. The molecule has 0 aliphatic rings. The number of rotatable bonds is 4. The van der Waals surface area contributed by atoms with Crippen molar-refractivity contribution in [3.63, 3.8) is 0 Å². The number of halogens is 5. The first kappa shape index (κ1) is 18.0. The highest BCUT2D eigenvalue weighted by Gasteiger charge is 2.37. The van der Waals surface area contributed by atoms with Crippen molar-refractivity contribution in [2.75, 3.05) is 0 Å². The molecule has 0 amide bonds. The smallest absolute Gasteiger partial charge is 0.452 e. The van der Waals surface area contributed by atoms with E-state index in [4.69, 9.17) is 4.74 Å². The first-order valence-electron chi connectivity index (χ1n) is 7.34. The van der Waals surface area contributed by atoms with Gasteiger partial charge in [-0.05, 0) is 13.0 Å². The van der Waals surface area contributed by atoms with Crippen molar-refractivity contribution in [1.82, 2.24) is 24.6 Å². The minimum absolute atomic E-state index is 0.0378. The molecule has 0 fully saturated rings. The van der Waals surface area contributed by atoms with Crippen LogP contribution >= 0.6 is 0 Å². The molecule has 3 heterocycles. The second kappa shape index (κ2) is 6.15. The highest BCUT2D eigenvalue weighted by molar-refractivity contribution is 5.59. The average Bonchev–Trinajstić information content (AvgIpc) is 2.98. The minimum atomic E-state index is -4.67. The quantitative estimate of drug-likeness (QED) is 0.654. The lowest BCUT2D eigenvalue weighted by Crippen LogP contribution is -2.32. The van der Waals surface area contributed by atoms with Crippen molar-refractivity contribution in [3.05, 3.63) is 36.5 Å². The van der Waals surface area contributed by atoms with Gasteiger partial charge in [-0.15, -0.1) is 10.2 Å². The van der Waals surface area contributed by atoms with Gasteiger partial charge < -0.3 is 4.74 Å². The third-order valence-corrected chi connectivity index (χ3v) is 3.59. The van der Waals surface area contributed by atoms with Crippen molar-refractivity contribution in [3.8, 4) is 17.1 Å². The van der Waals surface area contributed by atoms with Gasteiger partial charge in [-0.25, -0.2) is 13.8 Å². The fourth-order valence-electron chi connectivity index (χ4n) is 2.03. The summed E-state index contributed by atoms with van der Waals surface area (Å²) in [6.07, 6.45) is -2.53. The lowest BCUT2D eigenvalue weighted by Gasteiger charge is -2.20. The van der Waals surface area contributed by atoms with E-state index in [-0.39, 0.29) is 17.2 Å². The van der Waals surface area contributed by atoms with Crippen LogP contribution in [0.3, 0.4) is 0 Å². The molecule has 1 unspecified atom stereocenters. The largest absolute Gasteiger partial charge is 0.468 e. The number of fused-ring (bicyclic) bond motifs is 1. The van der Waals surface area contributed by atoms with Crippen molar-refractivity contribution < 1.29 is 26.7 Å². The van der Waals surface area contributed by atoms with Crippen LogP contribution in [0.5, 0.6) is 5.88 Å². The fraction of sp³-hybridized carbons (Fsp3) is 0.333. The molecule has 0 radical (unpaired) electrons. The van der Waals surface area contributed by atoms with Crippen molar-refractivity contribution in [2.45, 2.75) is 32.1 Å². The van der Waals surface area contributed by atoms with E-state index in [0.717, 1.165) is 23.7 Å². The zero-order valence-electron chi connectivity index (χ0n) is 13.5. The van der Waals surface area contributed by atoms with Crippen molar-refractivity contribution >= 4 is 5.65 Å². The lowest BCUT2D eigenvalue weighted by molar-refractivity contribution is -0.145. The Morgan fingerprint density at radius 1 is 1.04 bits per heavy atom. The van der Waals surface area contributed by atoms with Gasteiger partial charge in [0.2, 0.25) is 11.7 Å². The molecular weight excluding hydrogens is 361 g/mol. The van der Waals surface area contributed by atoms with Gasteiger partial charge in [-0.3, -0.25) is 9.38 Å². The number of hydrogen-bond acceptors (Lipinski definition) is 5. The van der Waals surface area contributed by atoms with Crippen LogP contribution in [0.2, 0.25) is 0 Å². The number of ether oxygens (including phenoxy) is 1. The number of hydrogen-bond donors (Lipinski definition) is 0. The molecule has 3 aromatic rings. The van der Waals surface area contributed by atoms with E-state index >= 15 is 0 Å². The van der Waals surface area contributed by atoms with Crippen LogP contribution in [-0.4, -0.2) is 36.6 Å². The molecule has 0 saturated carbocycles. The summed E-state index contributed by atoms with van der Waals surface area (Å²) in [5, 5.41) is 6.53. The highest BCUT2D eigenvalue weighted by Crippen LogP contribution is 2.29. The molecule has 0 spiro atoms. The molecular formula is C15H12F5N5O. The molecule has 3 aromatic heterocycles. The van der Waals surface area contributed by atoms with Crippen LogP contribution in [0.25, 0.3) is 16.9 Å². The Hall–Kier alpha value is -2.85. The standard InChI is InChI=1S/C15H12F5N5O/c1-8(14(2,16)17)26-12-4-3-9(5-22-12)10-7-25-11(6-21-10)23-24-13(25)15(18,19)20/h3-8H,1-2H3. The van der Waals surface area contributed by atoms with Crippen LogP contribution in [0.4, 0.5) is 22.0 Å². The Kier molecular flexibility index (Phi) is 4.24. The van der Waals surface area contributed by atoms with Gasteiger partial charge in [-0.1, -0.05) is 0 Å². The molecule has 6 nitrogen and oxygen atoms in total. The summed E-state index contributed by atoms with van der Waals surface area (Å²) in [5.41, 5.74) is 0.487. The molecule has 1 atom stereocenters. The Morgan fingerprint density at radius 3 is 2.35 bits per heavy atom. The van der Waals surface area contributed by atoms with Crippen LogP contribution in [0, 0.1) is 0 Å². The summed E-state index contributed by atoms with van der Waals surface area (Å²) in [5.74, 6) is -4.26. The van der Waals surface area contributed by atoms with Crippen LogP contribution in [0.1, 0.15) is 19.7 Å². The minimum Gasteiger partial charge on any atom is -0.468 e. The van der Waals surface area contributed by atoms with E-state index in [1.807, 2.05) is 0 Å². The monoisotopic (exact) mass is 373 g/mol. The maximum Gasteiger partial charge on any atom is 0.452 e. The number of alkyl halides is 5. The molecule has 0 saturated heterocycles. The van der Waals surface area contributed by atoms with Gasteiger partial charge in [0.05, 0.1) is 11.9 Å². The predicted octanol–water partition coefficient (Wildman–Crippen LogP) is 3.63. The third-order valence-electron chi connectivity index (χ3n) is 3.59. The Balaban J connectivity index is 1.90. The van der Waals surface area contributed by atoms with Gasteiger partial charge >= 0.3 is 6.18 Å². The van der Waals surface area contributed by atoms with E-state index < -0.39 is 24.0 Å². The maximum absolute atomic E-state index is 13.1. The van der Waals surface area contributed by atoms with Gasteiger partial charge in [0.25, 0.3) is 5.92 Å². The molecule has 26 heavy (non-hydrogen) atoms. The zero-order valence-corrected chi connectivity index (χ0v) is 13.5. The van der Waals surface area contributed by atoms with Crippen LogP contribution in [0.15, 0.2) is 30.7 Å². The van der Waals surface area contributed by atoms with Gasteiger partial charge in [-0.2, -0.15) is 13.2 Å². The van der Waals surface area contributed by atoms with Crippen molar-refractivity contribution in [2.24, 2.45) is 0 Å². The number of aromatic nitrogens is 5. The first-order valence-corrected chi connectivity index (χ1v) is 7.34. The van der Waals surface area contributed by atoms with Crippen LogP contribution < -0.4 is 4.74 Å². The van der Waals surface area contributed by atoms with E-state index in [1.165, 1.54) is 25.3 Å². The predicted molar refractivity (Wildman–Crippen MR) is 79.7 cm³/mol. The highest BCUT2D eigenvalue weighted by atomic mass is 19.4. The third kappa shape index (κ3) is 3.55.